The van der Waals surface area contributed by atoms with Crippen molar-refractivity contribution in [2.75, 3.05) is 30.4 Å². The third-order valence-corrected chi connectivity index (χ3v) is 6.32. The van der Waals surface area contributed by atoms with Crippen molar-refractivity contribution < 1.29 is 22.3 Å². The Bertz CT molecular complexity index is 1460. The molecule has 3 N–H and O–H groups in total. The molecule has 3 aromatic heterocycles. The van der Waals surface area contributed by atoms with E-state index in [9.17, 15) is 17.6 Å². The van der Waals surface area contributed by atoms with Gasteiger partial charge in [-0.15, -0.1) is 0 Å². The maximum absolute atomic E-state index is 14.6. The Labute approximate surface area is 221 Å². The number of nitrogens with one attached hydrogen (secondary N) is 1. The van der Waals surface area contributed by atoms with Gasteiger partial charge in [-0.1, -0.05) is 0 Å². The highest BCUT2D eigenvalue weighted by Gasteiger charge is 2.22. The topological polar surface area (TPSA) is 107 Å². The Morgan fingerprint density at radius 3 is 2.77 bits per heavy atom. The lowest BCUT2D eigenvalue weighted by atomic mass is 10.0. The van der Waals surface area contributed by atoms with Crippen LogP contribution in [0.1, 0.15) is 12.8 Å². The van der Waals surface area contributed by atoms with Crippen LogP contribution in [0.3, 0.4) is 0 Å². The quantitative estimate of drug-likeness (QED) is 0.311. The normalized spacial score (nSPS) is 15.6. The van der Waals surface area contributed by atoms with Crippen LogP contribution in [0, 0.1) is 11.6 Å². The molecular formula is C26H26F4N8O. The van der Waals surface area contributed by atoms with Gasteiger partial charge in [-0.2, -0.15) is 5.10 Å². The first-order valence-electron chi connectivity index (χ1n) is 12.3. The molecular weight excluding hydrogens is 516 g/mol. The van der Waals surface area contributed by atoms with Gasteiger partial charge in [-0.25, -0.2) is 32.5 Å². The highest BCUT2D eigenvalue weighted by Crippen LogP contribution is 2.35. The maximum Gasteiger partial charge on any atom is 0.257 e. The summed E-state index contributed by atoms with van der Waals surface area (Å²) in [5.74, 6) is -0.928. The summed E-state index contributed by atoms with van der Waals surface area (Å²) in [6.45, 7) is 0.867. The average Bonchev–Trinajstić information content (AvgIpc) is 3.36. The third kappa shape index (κ3) is 5.93. The number of nitrogens with zero attached hydrogens (tertiary/aromatic N) is 6. The molecule has 1 saturated heterocycles. The van der Waals surface area contributed by atoms with E-state index in [-0.39, 0.29) is 23.2 Å². The minimum Gasteiger partial charge on any atom is -0.496 e. The first-order valence-corrected chi connectivity index (χ1v) is 12.3. The number of hydrogen-bond donors (Lipinski definition) is 2. The standard InChI is InChI=1S/C26H26F4N8O/c1-39-21-8-16(27)7-19(28)25(21)26-32-5-4-23(36-26)35-24-9-20(37-6-2-3-17(31)13-37)18(11-33-24)15-10-34-38(12-15)14-22(29)30/h4-5,7-12,17,22H,2-3,6,13-14,31H2,1H3,(H,32,33,35,36)/t17-/m0/s1. The number of anilines is 3. The largest absolute Gasteiger partial charge is 0.496 e. The number of piperidine rings is 1. The van der Waals surface area contributed by atoms with Crippen molar-refractivity contribution in [2.45, 2.75) is 31.9 Å². The predicted octanol–water partition coefficient (Wildman–Crippen LogP) is 4.63. The van der Waals surface area contributed by atoms with Crippen molar-refractivity contribution in [3.63, 3.8) is 0 Å². The highest BCUT2D eigenvalue weighted by molar-refractivity contribution is 5.80. The zero-order valence-corrected chi connectivity index (χ0v) is 21.0. The van der Waals surface area contributed by atoms with Gasteiger partial charge in [0, 0.05) is 72.7 Å². The van der Waals surface area contributed by atoms with E-state index in [1.807, 2.05) is 6.07 Å². The second kappa shape index (κ2) is 11.2. The van der Waals surface area contributed by atoms with Crippen molar-refractivity contribution >= 4 is 17.3 Å². The van der Waals surface area contributed by atoms with Crippen molar-refractivity contribution in [1.29, 1.82) is 0 Å². The Kier molecular flexibility index (Phi) is 7.59. The van der Waals surface area contributed by atoms with E-state index in [1.165, 1.54) is 24.2 Å². The van der Waals surface area contributed by atoms with E-state index in [2.05, 4.69) is 30.3 Å². The van der Waals surface area contributed by atoms with E-state index in [4.69, 9.17) is 10.5 Å². The van der Waals surface area contributed by atoms with Gasteiger partial charge in [-0.3, -0.25) is 4.68 Å². The number of aromatic nitrogens is 5. The minimum absolute atomic E-state index is 0.000332. The molecule has 0 spiro atoms. The van der Waals surface area contributed by atoms with Crippen LogP contribution in [-0.4, -0.2) is 57.4 Å². The van der Waals surface area contributed by atoms with Crippen LogP contribution in [0.2, 0.25) is 0 Å². The maximum atomic E-state index is 14.6. The molecule has 1 atom stereocenters. The molecule has 5 rings (SSSR count). The number of methoxy groups -OCH3 is 1. The number of benzene rings is 1. The van der Waals surface area contributed by atoms with Gasteiger partial charge in [0.2, 0.25) is 0 Å². The minimum atomic E-state index is -2.52. The van der Waals surface area contributed by atoms with Gasteiger partial charge in [-0.05, 0) is 18.9 Å². The number of rotatable bonds is 8. The smallest absolute Gasteiger partial charge is 0.257 e. The van der Waals surface area contributed by atoms with Gasteiger partial charge < -0.3 is 20.7 Å². The second-order valence-corrected chi connectivity index (χ2v) is 9.13. The summed E-state index contributed by atoms with van der Waals surface area (Å²) in [5, 5.41) is 7.16. The van der Waals surface area contributed by atoms with E-state index < -0.39 is 24.6 Å². The summed E-state index contributed by atoms with van der Waals surface area (Å²) < 4.78 is 60.3. The van der Waals surface area contributed by atoms with E-state index in [0.717, 1.165) is 42.8 Å². The van der Waals surface area contributed by atoms with Crippen molar-refractivity contribution in [3.8, 4) is 28.3 Å². The fourth-order valence-electron chi connectivity index (χ4n) is 4.58. The SMILES string of the molecule is COc1cc(F)cc(F)c1-c1nccc(Nc2cc(N3CCC[C@H](N)C3)c(-c3cnn(CC(F)F)c3)cn2)n1. The first-order chi connectivity index (χ1) is 18.8. The number of ether oxygens (including phenoxy) is 1. The van der Waals surface area contributed by atoms with Gasteiger partial charge in [0.25, 0.3) is 6.43 Å². The molecule has 0 radical (unpaired) electrons. The van der Waals surface area contributed by atoms with Crippen LogP contribution in [0.5, 0.6) is 5.75 Å². The number of pyridine rings is 1. The summed E-state index contributed by atoms with van der Waals surface area (Å²) in [6, 6.07) is 5.18. The van der Waals surface area contributed by atoms with E-state index >= 15 is 0 Å². The van der Waals surface area contributed by atoms with Crippen molar-refractivity contribution in [2.24, 2.45) is 5.73 Å². The summed E-state index contributed by atoms with van der Waals surface area (Å²) in [6.07, 6.45) is 5.43. The molecule has 0 amide bonds. The lowest BCUT2D eigenvalue weighted by molar-refractivity contribution is 0.122. The lowest BCUT2D eigenvalue weighted by Crippen LogP contribution is -2.43. The zero-order valence-electron chi connectivity index (χ0n) is 21.0. The number of nitrogens with two attached hydrogens (primary N) is 1. The van der Waals surface area contributed by atoms with Crippen LogP contribution in [0.4, 0.5) is 34.9 Å². The molecule has 0 bridgehead atoms. The van der Waals surface area contributed by atoms with Crippen molar-refractivity contribution in [3.05, 3.63) is 60.7 Å². The molecule has 13 heteroatoms. The Balaban J connectivity index is 1.49. The molecule has 0 saturated carbocycles. The monoisotopic (exact) mass is 542 g/mol. The van der Waals surface area contributed by atoms with Crippen LogP contribution < -0.4 is 20.7 Å². The summed E-state index contributed by atoms with van der Waals surface area (Å²) >= 11 is 0. The fourth-order valence-corrected chi connectivity index (χ4v) is 4.58. The average molecular weight is 543 g/mol. The lowest BCUT2D eigenvalue weighted by Gasteiger charge is -2.34. The molecule has 0 unspecified atom stereocenters. The molecule has 204 valence electrons. The van der Waals surface area contributed by atoms with Gasteiger partial charge >= 0.3 is 0 Å². The molecule has 4 heterocycles. The molecule has 1 fully saturated rings. The summed E-state index contributed by atoms with van der Waals surface area (Å²) in [5.41, 5.74) is 8.33. The molecule has 1 aliphatic rings. The second-order valence-electron chi connectivity index (χ2n) is 9.13. The molecule has 9 nitrogen and oxygen atoms in total. The van der Waals surface area contributed by atoms with E-state index in [1.54, 1.807) is 18.5 Å². The Morgan fingerprint density at radius 1 is 1.15 bits per heavy atom. The molecule has 1 aliphatic heterocycles. The van der Waals surface area contributed by atoms with E-state index in [0.29, 0.717) is 23.7 Å². The van der Waals surface area contributed by atoms with Crippen LogP contribution in [-0.2, 0) is 6.54 Å². The fraction of sp³-hybridized carbons (Fsp3) is 0.308. The number of hydrogen-bond acceptors (Lipinski definition) is 8. The highest BCUT2D eigenvalue weighted by atomic mass is 19.3. The van der Waals surface area contributed by atoms with Gasteiger partial charge in [0.05, 0.1) is 18.9 Å². The number of halogens is 4. The Morgan fingerprint density at radius 2 is 2.00 bits per heavy atom. The molecule has 39 heavy (non-hydrogen) atoms. The van der Waals surface area contributed by atoms with Crippen LogP contribution in [0.25, 0.3) is 22.5 Å². The molecule has 4 aromatic rings. The van der Waals surface area contributed by atoms with Crippen LogP contribution >= 0.6 is 0 Å². The van der Waals surface area contributed by atoms with Crippen molar-refractivity contribution in [1.82, 2.24) is 24.7 Å². The summed E-state index contributed by atoms with van der Waals surface area (Å²) in [7, 11) is 1.30. The predicted molar refractivity (Wildman–Crippen MR) is 138 cm³/mol. The number of alkyl halides is 2. The zero-order chi connectivity index (χ0) is 27.5. The van der Waals surface area contributed by atoms with Gasteiger partial charge in [0.1, 0.15) is 35.6 Å². The molecule has 1 aromatic carbocycles. The van der Waals surface area contributed by atoms with Crippen LogP contribution in [0.15, 0.2) is 49.1 Å². The van der Waals surface area contributed by atoms with Gasteiger partial charge in [0.15, 0.2) is 5.82 Å². The summed E-state index contributed by atoms with van der Waals surface area (Å²) in [4.78, 5) is 15.1. The Hall–Kier alpha value is -4.26. The molecule has 0 aliphatic carbocycles. The third-order valence-electron chi connectivity index (χ3n) is 6.32. The first kappa shape index (κ1) is 26.4.